The average Bonchev–Trinajstić information content (AvgIpc) is 3.01. The Morgan fingerprint density at radius 2 is 1.94 bits per heavy atom. The predicted octanol–water partition coefficient (Wildman–Crippen LogP) is 2.49. The van der Waals surface area contributed by atoms with E-state index >= 15 is 0 Å². The number of hydrogen-bond acceptors (Lipinski definition) is 2. The van der Waals surface area contributed by atoms with Gasteiger partial charge in [0.05, 0.1) is 0 Å². The molecule has 1 saturated carbocycles. The Hall–Kier alpha value is -0.0800. The molecule has 2 aliphatic rings. The molecule has 0 bridgehead atoms. The normalized spacial score (nSPS) is 31.1. The molecule has 1 saturated heterocycles. The lowest BCUT2D eigenvalue weighted by Crippen LogP contribution is -2.47. The summed E-state index contributed by atoms with van der Waals surface area (Å²) in [4.78, 5) is 2.71. The van der Waals surface area contributed by atoms with Gasteiger partial charge in [0.25, 0.3) is 0 Å². The van der Waals surface area contributed by atoms with Gasteiger partial charge in [-0.05, 0) is 50.6 Å². The molecule has 2 atom stereocenters. The summed E-state index contributed by atoms with van der Waals surface area (Å²) in [6.45, 7) is 13.2. The van der Waals surface area contributed by atoms with Crippen LogP contribution >= 0.6 is 0 Å². The Labute approximate surface area is 101 Å². The van der Waals surface area contributed by atoms with E-state index in [9.17, 15) is 0 Å². The fraction of sp³-hybridized carbons (Fsp3) is 1.00. The molecule has 2 rings (SSSR count). The van der Waals surface area contributed by atoms with Crippen LogP contribution in [-0.4, -0.2) is 36.6 Å². The van der Waals surface area contributed by atoms with Crippen molar-refractivity contribution in [2.45, 2.75) is 59.0 Å². The van der Waals surface area contributed by atoms with Gasteiger partial charge in [-0.1, -0.05) is 20.8 Å². The second kappa shape index (κ2) is 4.66. The highest BCUT2D eigenvalue weighted by atomic mass is 15.2. The summed E-state index contributed by atoms with van der Waals surface area (Å²) in [5.74, 6) is 0.979. The topological polar surface area (TPSA) is 15.3 Å². The third-order valence-corrected chi connectivity index (χ3v) is 4.45. The minimum Gasteiger partial charge on any atom is -0.312 e. The van der Waals surface area contributed by atoms with E-state index in [0.29, 0.717) is 11.5 Å². The van der Waals surface area contributed by atoms with Crippen LogP contribution in [0.4, 0.5) is 0 Å². The van der Waals surface area contributed by atoms with Gasteiger partial charge in [-0.2, -0.15) is 0 Å². The summed E-state index contributed by atoms with van der Waals surface area (Å²) in [5, 5.41) is 3.74. The Morgan fingerprint density at radius 1 is 1.25 bits per heavy atom. The number of hydrogen-bond donors (Lipinski definition) is 1. The highest BCUT2D eigenvalue weighted by Gasteiger charge is 2.35. The van der Waals surface area contributed by atoms with Crippen molar-refractivity contribution in [1.29, 1.82) is 0 Å². The van der Waals surface area contributed by atoms with Crippen LogP contribution in [0.5, 0.6) is 0 Å². The Bertz CT molecular complexity index is 227. The molecule has 0 aromatic rings. The summed E-state index contributed by atoms with van der Waals surface area (Å²) in [7, 11) is 0. The molecular formula is C14H28N2. The lowest BCUT2D eigenvalue weighted by Gasteiger charge is -2.38. The molecule has 94 valence electrons. The summed E-state index contributed by atoms with van der Waals surface area (Å²) in [6.07, 6.45) is 4.22. The highest BCUT2D eigenvalue weighted by Crippen LogP contribution is 2.34. The summed E-state index contributed by atoms with van der Waals surface area (Å²) in [5.41, 5.74) is 0.401. The SMILES string of the molecule is CC(N1CCCNC(C2CC2)C1)C(C)(C)C. The van der Waals surface area contributed by atoms with Gasteiger partial charge in [0.2, 0.25) is 0 Å². The van der Waals surface area contributed by atoms with Gasteiger partial charge in [-0.3, -0.25) is 4.90 Å². The standard InChI is InChI=1S/C14H28N2/c1-11(14(2,3)4)16-9-5-8-15-13(10-16)12-6-7-12/h11-13,15H,5-10H2,1-4H3. The Balaban J connectivity index is 1.96. The van der Waals surface area contributed by atoms with Crippen LogP contribution in [0.3, 0.4) is 0 Å². The van der Waals surface area contributed by atoms with Crippen molar-refractivity contribution >= 4 is 0 Å². The van der Waals surface area contributed by atoms with Crippen LogP contribution < -0.4 is 5.32 Å². The number of rotatable bonds is 2. The molecule has 0 spiro atoms. The largest absolute Gasteiger partial charge is 0.312 e. The molecule has 1 aliphatic heterocycles. The molecule has 0 amide bonds. The van der Waals surface area contributed by atoms with Gasteiger partial charge in [0.1, 0.15) is 0 Å². The molecule has 16 heavy (non-hydrogen) atoms. The minimum atomic E-state index is 0.401. The van der Waals surface area contributed by atoms with Crippen molar-refractivity contribution in [3.05, 3.63) is 0 Å². The predicted molar refractivity (Wildman–Crippen MR) is 69.6 cm³/mol. The van der Waals surface area contributed by atoms with Gasteiger partial charge in [-0.15, -0.1) is 0 Å². The molecule has 1 heterocycles. The maximum Gasteiger partial charge on any atom is 0.0223 e. The van der Waals surface area contributed by atoms with Gasteiger partial charge < -0.3 is 5.32 Å². The zero-order valence-corrected chi connectivity index (χ0v) is 11.4. The molecule has 1 aliphatic carbocycles. The van der Waals surface area contributed by atoms with E-state index in [4.69, 9.17) is 0 Å². The first-order chi connectivity index (χ1) is 7.48. The fourth-order valence-corrected chi connectivity index (χ4v) is 2.69. The maximum atomic E-state index is 3.74. The maximum absolute atomic E-state index is 3.74. The highest BCUT2D eigenvalue weighted by molar-refractivity contribution is 4.92. The summed E-state index contributed by atoms with van der Waals surface area (Å²) in [6, 6.07) is 1.46. The lowest BCUT2D eigenvalue weighted by atomic mass is 9.86. The Morgan fingerprint density at radius 3 is 2.50 bits per heavy atom. The van der Waals surface area contributed by atoms with Crippen LogP contribution in [0.1, 0.15) is 47.0 Å². The van der Waals surface area contributed by atoms with Crippen molar-refractivity contribution in [1.82, 2.24) is 10.2 Å². The molecule has 0 aromatic heterocycles. The van der Waals surface area contributed by atoms with Gasteiger partial charge >= 0.3 is 0 Å². The third kappa shape index (κ3) is 2.98. The second-order valence-electron chi connectivity index (χ2n) is 6.79. The molecule has 2 heteroatoms. The van der Waals surface area contributed by atoms with Crippen LogP contribution in [0, 0.1) is 11.3 Å². The van der Waals surface area contributed by atoms with E-state index in [2.05, 4.69) is 37.9 Å². The monoisotopic (exact) mass is 224 g/mol. The molecule has 0 radical (unpaired) electrons. The van der Waals surface area contributed by atoms with Gasteiger partial charge in [0, 0.05) is 18.6 Å². The van der Waals surface area contributed by atoms with E-state index in [-0.39, 0.29) is 0 Å². The zero-order valence-electron chi connectivity index (χ0n) is 11.4. The molecule has 1 N–H and O–H groups in total. The van der Waals surface area contributed by atoms with Crippen LogP contribution in [0.2, 0.25) is 0 Å². The average molecular weight is 224 g/mol. The van der Waals surface area contributed by atoms with E-state index in [1.165, 1.54) is 38.9 Å². The van der Waals surface area contributed by atoms with Crippen molar-refractivity contribution < 1.29 is 0 Å². The van der Waals surface area contributed by atoms with E-state index in [1.54, 1.807) is 0 Å². The van der Waals surface area contributed by atoms with Gasteiger partial charge in [-0.25, -0.2) is 0 Å². The van der Waals surface area contributed by atoms with E-state index < -0.39 is 0 Å². The van der Waals surface area contributed by atoms with Crippen LogP contribution in [0.25, 0.3) is 0 Å². The summed E-state index contributed by atoms with van der Waals surface area (Å²) < 4.78 is 0. The molecule has 2 fully saturated rings. The third-order valence-electron chi connectivity index (χ3n) is 4.45. The van der Waals surface area contributed by atoms with Crippen LogP contribution in [-0.2, 0) is 0 Å². The molecular weight excluding hydrogens is 196 g/mol. The van der Waals surface area contributed by atoms with Crippen molar-refractivity contribution in [2.24, 2.45) is 11.3 Å². The molecule has 0 aromatic carbocycles. The molecule has 2 unspecified atom stereocenters. The summed E-state index contributed by atoms with van der Waals surface area (Å²) >= 11 is 0. The van der Waals surface area contributed by atoms with E-state index in [1.807, 2.05) is 0 Å². The smallest absolute Gasteiger partial charge is 0.0223 e. The first-order valence-corrected chi connectivity index (χ1v) is 6.96. The fourth-order valence-electron chi connectivity index (χ4n) is 2.69. The zero-order chi connectivity index (χ0) is 11.8. The Kier molecular flexibility index (Phi) is 3.60. The van der Waals surface area contributed by atoms with Crippen molar-refractivity contribution in [2.75, 3.05) is 19.6 Å². The van der Waals surface area contributed by atoms with Crippen molar-refractivity contribution in [3.8, 4) is 0 Å². The second-order valence-corrected chi connectivity index (χ2v) is 6.79. The number of nitrogens with zero attached hydrogens (tertiary/aromatic N) is 1. The van der Waals surface area contributed by atoms with E-state index in [0.717, 1.165) is 12.0 Å². The van der Waals surface area contributed by atoms with Crippen LogP contribution in [0.15, 0.2) is 0 Å². The molecule has 2 nitrogen and oxygen atoms in total. The minimum absolute atomic E-state index is 0.401. The van der Waals surface area contributed by atoms with Crippen molar-refractivity contribution in [3.63, 3.8) is 0 Å². The first kappa shape index (κ1) is 12.4. The number of nitrogens with one attached hydrogen (secondary N) is 1. The first-order valence-electron chi connectivity index (χ1n) is 6.96. The van der Waals surface area contributed by atoms with Gasteiger partial charge in [0.15, 0.2) is 0 Å². The lowest BCUT2D eigenvalue weighted by molar-refractivity contribution is 0.108. The quantitative estimate of drug-likeness (QED) is 0.775.